The Hall–Kier alpha value is -4.68. The first-order valence-corrected chi connectivity index (χ1v) is 11.0. The van der Waals surface area contributed by atoms with Gasteiger partial charge in [-0.15, -0.1) is 0 Å². The molecule has 0 spiro atoms. The Kier molecular flexibility index (Phi) is 8.75. The number of hydrazone groups is 1. The molecule has 0 heterocycles. The molecular weight excluding hydrogens is 484 g/mol. The molecule has 0 unspecified atom stereocenters. The Morgan fingerprint density at radius 3 is 2.39 bits per heavy atom. The summed E-state index contributed by atoms with van der Waals surface area (Å²) < 4.78 is 10.7. The second-order valence-electron chi connectivity index (χ2n) is 7.36. The normalized spacial score (nSPS) is 10.7. The minimum absolute atomic E-state index is 0.170. The maximum absolute atomic E-state index is 12.5. The van der Waals surface area contributed by atoms with Crippen LogP contribution in [-0.4, -0.2) is 30.6 Å². The highest BCUT2D eigenvalue weighted by molar-refractivity contribution is 6.39. The quantitative estimate of drug-likeness (QED) is 0.164. The molecule has 36 heavy (non-hydrogen) atoms. The number of amides is 2. The van der Waals surface area contributed by atoms with E-state index >= 15 is 0 Å². The number of halogens is 1. The van der Waals surface area contributed by atoms with Crippen LogP contribution in [0.25, 0.3) is 0 Å². The third-order valence-electron chi connectivity index (χ3n) is 4.90. The summed E-state index contributed by atoms with van der Waals surface area (Å²) in [5, 5.41) is 15.4. The molecule has 182 valence electrons. The Morgan fingerprint density at radius 2 is 1.72 bits per heavy atom. The molecule has 0 aromatic heterocycles. The minimum Gasteiger partial charge on any atom is -0.493 e. The molecule has 0 radical (unpaired) electrons. The minimum atomic E-state index is -0.965. The van der Waals surface area contributed by atoms with Crippen LogP contribution in [0.1, 0.15) is 28.4 Å². The predicted octanol–water partition coefficient (Wildman–Crippen LogP) is 4.11. The summed E-state index contributed by atoms with van der Waals surface area (Å²) >= 11 is 6.05. The van der Waals surface area contributed by atoms with Crippen LogP contribution in [0, 0.1) is 11.3 Å². The first-order valence-electron chi connectivity index (χ1n) is 10.6. The molecule has 0 fully saturated rings. The lowest BCUT2D eigenvalue weighted by Crippen LogP contribution is -2.32. The molecule has 0 saturated heterocycles. The van der Waals surface area contributed by atoms with Gasteiger partial charge >= 0.3 is 17.8 Å². The number of nitrogens with zero attached hydrogens (tertiary/aromatic N) is 2. The highest BCUT2D eigenvalue weighted by atomic mass is 35.5. The highest BCUT2D eigenvalue weighted by Gasteiger charge is 2.17. The van der Waals surface area contributed by atoms with E-state index in [0.29, 0.717) is 17.0 Å². The van der Waals surface area contributed by atoms with E-state index in [4.69, 9.17) is 26.3 Å². The van der Waals surface area contributed by atoms with E-state index < -0.39 is 17.8 Å². The molecule has 3 rings (SSSR count). The number of nitrogens with one attached hydrogen (secondary N) is 2. The van der Waals surface area contributed by atoms with Crippen LogP contribution in [0.4, 0.5) is 5.69 Å². The molecule has 0 atom stereocenters. The monoisotopic (exact) mass is 504 g/mol. The molecular formula is C26H21ClN4O5. The Labute approximate surface area is 212 Å². The SMILES string of the molecule is COc1cc(/C(C)=N/NC(=O)C(=O)Nc2ccc(CC#N)cc2)ccc1OC(=O)c1ccccc1Cl. The van der Waals surface area contributed by atoms with Crippen LogP contribution in [0.2, 0.25) is 5.02 Å². The second kappa shape index (κ2) is 12.1. The molecule has 0 aliphatic rings. The summed E-state index contributed by atoms with van der Waals surface area (Å²) in [7, 11) is 1.41. The van der Waals surface area contributed by atoms with Gasteiger partial charge in [0.25, 0.3) is 0 Å². The number of carbonyl (C=O) groups is 3. The van der Waals surface area contributed by atoms with Crippen molar-refractivity contribution in [2.24, 2.45) is 5.10 Å². The van der Waals surface area contributed by atoms with Crippen LogP contribution in [-0.2, 0) is 16.0 Å². The molecule has 3 aromatic carbocycles. The van der Waals surface area contributed by atoms with Gasteiger partial charge in [-0.3, -0.25) is 9.59 Å². The molecule has 3 aromatic rings. The van der Waals surface area contributed by atoms with Crippen molar-refractivity contribution in [3.05, 3.63) is 88.4 Å². The summed E-state index contributed by atoms with van der Waals surface area (Å²) in [5.41, 5.74) is 4.53. The van der Waals surface area contributed by atoms with Crippen LogP contribution in [0.3, 0.4) is 0 Å². The van der Waals surface area contributed by atoms with Crippen molar-refractivity contribution >= 4 is 40.8 Å². The zero-order valence-corrected chi connectivity index (χ0v) is 20.1. The van der Waals surface area contributed by atoms with Crippen LogP contribution in [0.5, 0.6) is 11.5 Å². The fourth-order valence-corrected chi connectivity index (χ4v) is 3.21. The number of hydrogen-bond donors (Lipinski definition) is 2. The van der Waals surface area contributed by atoms with E-state index in [1.165, 1.54) is 13.2 Å². The second-order valence-corrected chi connectivity index (χ2v) is 7.77. The molecule has 2 amide bonds. The lowest BCUT2D eigenvalue weighted by atomic mass is 10.1. The van der Waals surface area contributed by atoms with Crippen molar-refractivity contribution < 1.29 is 23.9 Å². The summed E-state index contributed by atoms with van der Waals surface area (Å²) in [6.07, 6.45) is 0.248. The summed E-state index contributed by atoms with van der Waals surface area (Å²) in [6.45, 7) is 1.62. The van der Waals surface area contributed by atoms with Crippen molar-refractivity contribution in [2.75, 3.05) is 12.4 Å². The van der Waals surface area contributed by atoms with Crippen LogP contribution in [0.15, 0.2) is 71.8 Å². The Balaban J connectivity index is 1.64. The average Bonchev–Trinajstić information content (AvgIpc) is 2.88. The molecule has 10 heteroatoms. The van der Waals surface area contributed by atoms with Crippen molar-refractivity contribution in [3.63, 3.8) is 0 Å². The van der Waals surface area contributed by atoms with Crippen molar-refractivity contribution in [2.45, 2.75) is 13.3 Å². The molecule has 2 N–H and O–H groups in total. The third kappa shape index (κ3) is 6.68. The van der Waals surface area contributed by atoms with Crippen molar-refractivity contribution in [1.82, 2.24) is 5.43 Å². The zero-order valence-electron chi connectivity index (χ0n) is 19.4. The fourth-order valence-electron chi connectivity index (χ4n) is 2.99. The molecule has 0 aliphatic carbocycles. The number of carbonyl (C=O) groups excluding carboxylic acids is 3. The first-order chi connectivity index (χ1) is 17.3. The van der Waals surface area contributed by atoms with E-state index in [0.717, 1.165) is 5.56 Å². The number of benzene rings is 3. The van der Waals surface area contributed by atoms with Gasteiger partial charge in [0.05, 0.1) is 35.9 Å². The Bertz CT molecular complexity index is 1360. The van der Waals surface area contributed by atoms with E-state index in [2.05, 4.69) is 15.8 Å². The van der Waals surface area contributed by atoms with Gasteiger partial charge in [-0.2, -0.15) is 10.4 Å². The number of hydrogen-bond acceptors (Lipinski definition) is 7. The molecule has 0 aliphatic heterocycles. The first kappa shape index (κ1) is 25.9. The third-order valence-corrected chi connectivity index (χ3v) is 5.23. The van der Waals surface area contributed by atoms with Gasteiger partial charge in [0.1, 0.15) is 0 Å². The van der Waals surface area contributed by atoms with E-state index in [1.807, 2.05) is 6.07 Å². The highest BCUT2D eigenvalue weighted by Crippen LogP contribution is 2.30. The van der Waals surface area contributed by atoms with Crippen molar-refractivity contribution in [3.8, 4) is 17.6 Å². The summed E-state index contributed by atoms with van der Waals surface area (Å²) in [5.74, 6) is -2.09. The smallest absolute Gasteiger partial charge is 0.345 e. The largest absolute Gasteiger partial charge is 0.493 e. The number of anilines is 1. The van der Waals surface area contributed by atoms with Gasteiger partial charge in [-0.25, -0.2) is 10.2 Å². The lowest BCUT2D eigenvalue weighted by molar-refractivity contribution is -0.136. The Morgan fingerprint density at radius 1 is 1.00 bits per heavy atom. The average molecular weight is 505 g/mol. The van der Waals surface area contributed by atoms with E-state index in [1.54, 1.807) is 67.6 Å². The number of ether oxygens (including phenoxy) is 2. The van der Waals surface area contributed by atoms with Crippen molar-refractivity contribution in [1.29, 1.82) is 5.26 Å². The molecule has 0 saturated carbocycles. The number of nitriles is 1. The zero-order chi connectivity index (χ0) is 26.1. The number of methoxy groups -OCH3 is 1. The van der Waals surface area contributed by atoms with Gasteiger partial charge in [-0.05, 0) is 55.0 Å². The number of esters is 1. The maximum Gasteiger partial charge on any atom is 0.345 e. The van der Waals surface area contributed by atoms with Crippen LogP contribution < -0.4 is 20.2 Å². The molecule has 9 nitrogen and oxygen atoms in total. The molecule has 0 bridgehead atoms. The van der Waals surface area contributed by atoms with E-state index in [-0.39, 0.29) is 28.5 Å². The van der Waals surface area contributed by atoms with Gasteiger partial charge in [0.2, 0.25) is 0 Å². The number of rotatable bonds is 7. The van der Waals surface area contributed by atoms with Gasteiger partial charge < -0.3 is 14.8 Å². The van der Waals surface area contributed by atoms with Gasteiger partial charge in [0.15, 0.2) is 11.5 Å². The predicted molar refractivity (Wildman–Crippen MR) is 134 cm³/mol. The maximum atomic E-state index is 12.5. The fraction of sp³-hybridized carbons (Fsp3) is 0.115. The van der Waals surface area contributed by atoms with Gasteiger partial charge in [-0.1, -0.05) is 35.9 Å². The topological polar surface area (TPSA) is 130 Å². The lowest BCUT2D eigenvalue weighted by Gasteiger charge is -2.11. The van der Waals surface area contributed by atoms with Gasteiger partial charge in [0, 0.05) is 11.3 Å². The van der Waals surface area contributed by atoms with E-state index in [9.17, 15) is 14.4 Å². The summed E-state index contributed by atoms with van der Waals surface area (Å²) in [4.78, 5) is 36.7. The summed E-state index contributed by atoms with van der Waals surface area (Å²) in [6, 6.07) is 19.8. The van der Waals surface area contributed by atoms with Crippen LogP contribution >= 0.6 is 11.6 Å². The standard InChI is InChI=1S/C26H21ClN4O5/c1-16(30-31-25(33)24(32)29-19-10-7-17(8-11-19)13-14-28)18-9-12-22(23(15-18)35-2)36-26(34)20-5-3-4-6-21(20)27/h3-12,15H,13H2,1-2H3,(H,29,32)(H,31,33)/b30-16+.